The molecule has 0 aliphatic rings. The fourth-order valence-electron chi connectivity index (χ4n) is 1.51. The Bertz CT molecular complexity index is 832. The number of halogens is 5. The Kier molecular flexibility index (Phi) is 9.76. The van der Waals surface area contributed by atoms with Crippen molar-refractivity contribution in [2.75, 3.05) is 0 Å². The summed E-state index contributed by atoms with van der Waals surface area (Å²) in [5.41, 5.74) is -0.615. The van der Waals surface area contributed by atoms with Crippen molar-refractivity contribution >= 4 is 78.6 Å². The van der Waals surface area contributed by atoms with Gasteiger partial charge in [-0.1, -0.05) is 58.2 Å². The molecule has 0 aromatic heterocycles. The molecule has 0 unspecified atom stereocenters. The van der Waals surface area contributed by atoms with Gasteiger partial charge in [0.25, 0.3) is 0 Å². The molecule has 11 heteroatoms. The van der Waals surface area contributed by atoms with Crippen LogP contribution in [-0.2, 0) is 0 Å². The van der Waals surface area contributed by atoms with Gasteiger partial charge >= 0.3 is 11.9 Å². The highest BCUT2D eigenvalue weighted by molar-refractivity contribution is 9.10. The Labute approximate surface area is 180 Å². The summed E-state index contributed by atoms with van der Waals surface area (Å²) in [7, 11) is 0. The maximum Gasteiger partial charge on any atom is 0.341 e. The van der Waals surface area contributed by atoms with Gasteiger partial charge in [-0.25, -0.2) is 9.59 Å². The summed E-state index contributed by atoms with van der Waals surface area (Å²) in [5.74, 6) is -3.48. The molecule has 0 spiro atoms. The lowest BCUT2D eigenvalue weighted by Crippen LogP contribution is -1.98. The van der Waals surface area contributed by atoms with E-state index in [0.29, 0.717) is 8.95 Å². The highest BCUT2D eigenvalue weighted by Gasteiger charge is 2.19. The van der Waals surface area contributed by atoms with Crippen LogP contribution in [0.5, 0.6) is 11.5 Å². The first kappa shape index (κ1) is 24.8. The van der Waals surface area contributed by atoms with E-state index in [0.717, 1.165) is 0 Å². The molecule has 0 aliphatic carbocycles. The molecule has 26 heavy (non-hydrogen) atoms. The maximum absolute atomic E-state index is 10.6. The van der Waals surface area contributed by atoms with Crippen LogP contribution in [0.4, 0.5) is 0 Å². The molecule has 0 fully saturated rings. The summed E-state index contributed by atoms with van der Waals surface area (Å²) in [4.78, 5) is 21.1. The maximum atomic E-state index is 10.6. The predicted octanol–water partition coefficient (Wildman–Crippen LogP) is 6.30. The van der Waals surface area contributed by atoms with E-state index in [1.54, 1.807) is 0 Å². The molecule has 0 atom stereocenters. The number of benzene rings is 2. The minimum atomic E-state index is -1.33. The molecular formula is C15H11Br2Cl3O6. The molecule has 0 amide bonds. The van der Waals surface area contributed by atoms with Crippen LogP contribution < -0.4 is 0 Å². The third kappa shape index (κ3) is 5.92. The number of aromatic hydroxyl groups is 2. The minimum absolute atomic E-state index is 0. The first-order valence-electron chi connectivity index (χ1n) is 5.98. The second-order valence-corrected chi connectivity index (χ2v) is 7.23. The van der Waals surface area contributed by atoms with Crippen molar-refractivity contribution in [1.29, 1.82) is 0 Å². The fourth-order valence-corrected chi connectivity index (χ4v) is 3.31. The van der Waals surface area contributed by atoms with E-state index in [1.165, 1.54) is 18.2 Å². The van der Waals surface area contributed by atoms with Crippen molar-refractivity contribution in [2.24, 2.45) is 0 Å². The second-order valence-electron chi connectivity index (χ2n) is 4.27. The van der Waals surface area contributed by atoms with Crippen molar-refractivity contribution < 1.29 is 30.0 Å². The fraction of sp³-hybridized carbons (Fsp3) is 0.0667. The zero-order valence-electron chi connectivity index (χ0n) is 11.7. The topological polar surface area (TPSA) is 115 Å². The summed E-state index contributed by atoms with van der Waals surface area (Å²) in [6.45, 7) is 0. The molecule has 0 bridgehead atoms. The molecule has 4 N–H and O–H groups in total. The van der Waals surface area contributed by atoms with Crippen LogP contribution in [0.3, 0.4) is 0 Å². The largest absolute Gasteiger partial charge is 0.505 e. The molecule has 2 rings (SSSR count). The van der Waals surface area contributed by atoms with Gasteiger partial charge in [0, 0.05) is 8.95 Å². The Hall–Kier alpha value is -1.19. The third-order valence-electron chi connectivity index (χ3n) is 2.62. The van der Waals surface area contributed by atoms with Crippen LogP contribution in [0.15, 0.2) is 27.1 Å². The number of aromatic carboxylic acids is 2. The number of hydrogen-bond donors (Lipinski definition) is 4. The second kappa shape index (κ2) is 10.2. The number of hydrogen-bond acceptors (Lipinski definition) is 4. The molecule has 142 valence electrons. The van der Waals surface area contributed by atoms with Gasteiger partial charge in [0.05, 0.1) is 15.1 Å². The number of carbonyl (C=O) groups is 2. The summed E-state index contributed by atoms with van der Waals surface area (Å²) in [6.07, 6.45) is 0. The smallest absolute Gasteiger partial charge is 0.341 e. The van der Waals surface area contributed by atoms with E-state index in [9.17, 15) is 14.7 Å². The van der Waals surface area contributed by atoms with Crippen LogP contribution >= 0.6 is 66.7 Å². The first-order chi connectivity index (χ1) is 11.5. The summed E-state index contributed by atoms with van der Waals surface area (Å²) in [5, 5.41) is 35.5. The van der Waals surface area contributed by atoms with Gasteiger partial charge in [-0.3, -0.25) is 0 Å². The van der Waals surface area contributed by atoms with Crippen molar-refractivity contribution in [3.63, 3.8) is 0 Å². The highest BCUT2D eigenvalue weighted by Crippen LogP contribution is 2.38. The van der Waals surface area contributed by atoms with Crippen LogP contribution in [0.2, 0.25) is 15.1 Å². The van der Waals surface area contributed by atoms with Gasteiger partial charge in [-0.05, 0) is 34.1 Å². The number of phenols is 2. The normalized spacial score (nSPS) is 9.58. The lowest BCUT2D eigenvalue weighted by Gasteiger charge is -2.05. The zero-order chi connectivity index (χ0) is 19.5. The predicted molar refractivity (Wildman–Crippen MR) is 107 cm³/mol. The monoisotopic (exact) mass is 550 g/mol. The van der Waals surface area contributed by atoms with E-state index in [4.69, 9.17) is 50.1 Å². The van der Waals surface area contributed by atoms with Crippen molar-refractivity contribution in [3.8, 4) is 11.5 Å². The Morgan fingerprint density at radius 2 is 1.35 bits per heavy atom. The minimum Gasteiger partial charge on any atom is -0.505 e. The van der Waals surface area contributed by atoms with E-state index in [2.05, 4.69) is 31.9 Å². The average Bonchev–Trinajstić information content (AvgIpc) is 2.49. The van der Waals surface area contributed by atoms with Crippen molar-refractivity contribution in [3.05, 3.63) is 53.3 Å². The van der Waals surface area contributed by atoms with Crippen molar-refractivity contribution in [1.82, 2.24) is 0 Å². The van der Waals surface area contributed by atoms with E-state index < -0.39 is 29.0 Å². The Morgan fingerprint density at radius 1 is 0.846 bits per heavy atom. The SMILES string of the molecule is C.O=C(O)c1c(O)c(Cl)cc(Br)c1Cl.O=C(O)c1cc(Br)cc(Cl)c1O. The van der Waals surface area contributed by atoms with E-state index in [1.807, 2.05) is 0 Å². The molecule has 0 saturated carbocycles. The Morgan fingerprint density at radius 3 is 1.81 bits per heavy atom. The van der Waals surface area contributed by atoms with Crippen LogP contribution in [0.25, 0.3) is 0 Å². The third-order valence-corrected chi connectivity index (χ3v) is 4.90. The molecule has 0 aliphatic heterocycles. The Balaban J connectivity index is 0.000000464. The van der Waals surface area contributed by atoms with Crippen LogP contribution in [0, 0.1) is 0 Å². The lowest BCUT2D eigenvalue weighted by atomic mass is 10.2. The van der Waals surface area contributed by atoms with E-state index >= 15 is 0 Å². The molecular weight excluding hydrogens is 542 g/mol. The molecule has 2 aromatic rings. The van der Waals surface area contributed by atoms with Gasteiger partial charge in [0.1, 0.15) is 22.6 Å². The van der Waals surface area contributed by atoms with Gasteiger partial charge in [-0.2, -0.15) is 0 Å². The molecule has 2 aromatic carbocycles. The molecule has 6 nitrogen and oxygen atoms in total. The number of carboxylic acids is 2. The molecule has 0 radical (unpaired) electrons. The lowest BCUT2D eigenvalue weighted by molar-refractivity contribution is 0.0682. The van der Waals surface area contributed by atoms with Crippen LogP contribution in [-0.4, -0.2) is 32.4 Å². The zero-order valence-corrected chi connectivity index (χ0v) is 17.2. The summed E-state index contributed by atoms with van der Waals surface area (Å²) < 4.78 is 0.845. The number of rotatable bonds is 2. The summed E-state index contributed by atoms with van der Waals surface area (Å²) in [6, 6.07) is 4.03. The van der Waals surface area contributed by atoms with Crippen molar-refractivity contribution in [2.45, 2.75) is 7.43 Å². The standard InChI is InChI=1S/C7H3BrCl2O3.C7H4BrClO3.CH4/c8-2-1-3(9)6(11)4(5(2)10)7(12)13;8-3-1-4(7(11)12)6(10)5(9)2-3;/h1,11H,(H,12,13);1-2,10H,(H,11,12);1H4. The average molecular weight is 553 g/mol. The van der Waals surface area contributed by atoms with Gasteiger partial charge in [0.15, 0.2) is 0 Å². The molecule has 0 heterocycles. The quantitative estimate of drug-likeness (QED) is 0.325. The number of carboxylic acid groups (broad SMARTS) is 2. The van der Waals surface area contributed by atoms with Gasteiger partial charge in [0.2, 0.25) is 0 Å². The first-order valence-corrected chi connectivity index (χ1v) is 8.70. The summed E-state index contributed by atoms with van der Waals surface area (Å²) >= 11 is 22.7. The van der Waals surface area contributed by atoms with Gasteiger partial charge < -0.3 is 20.4 Å². The van der Waals surface area contributed by atoms with Crippen LogP contribution in [0.1, 0.15) is 28.1 Å². The molecule has 0 saturated heterocycles. The highest BCUT2D eigenvalue weighted by atomic mass is 79.9. The van der Waals surface area contributed by atoms with Gasteiger partial charge in [-0.15, -0.1) is 0 Å². The van der Waals surface area contributed by atoms with E-state index in [-0.39, 0.29) is 28.1 Å².